The monoisotopic (exact) mass is 221 g/mol. The summed E-state index contributed by atoms with van der Waals surface area (Å²) < 4.78 is 0. The van der Waals surface area contributed by atoms with Gasteiger partial charge in [-0.15, -0.1) is 0 Å². The maximum atomic E-state index is 5.85. The molecular weight excluding hydrogens is 198 g/mol. The first-order chi connectivity index (χ1) is 7.45. The maximum Gasteiger partial charge on any atom is 0.126 e. The van der Waals surface area contributed by atoms with Crippen LogP contribution in [-0.2, 0) is 0 Å². The van der Waals surface area contributed by atoms with E-state index < -0.39 is 0 Å². The van der Waals surface area contributed by atoms with Crippen molar-refractivity contribution in [1.82, 2.24) is 4.98 Å². The molecule has 0 amide bonds. The number of hydrogen-bond acceptors (Lipinski definition) is 3. The number of pyridine rings is 1. The summed E-state index contributed by atoms with van der Waals surface area (Å²) in [6.07, 6.45) is 2.86. The Hall–Kier alpha value is -1.09. The molecule has 0 aliphatic rings. The van der Waals surface area contributed by atoms with E-state index in [1.54, 1.807) is 0 Å². The lowest BCUT2D eigenvalue weighted by Gasteiger charge is -2.31. The van der Waals surface area contributed by atoms with Gasteiger partial charge in [-0.05, 0) is 43.9 Å². The van der Waals surface area contributed by atoms with Gasteiger partial charge in [0.15, 0.2) is 0 Å². The van der Waals surface area contributed by atoms with E-state index in [1.807, 2.05) is 18.3 Å². The summed E-state index contributed by atoms with van der Waals surface area (Å²) in [5.74, 6) is 1.53. The second-order valence-electron chi connectivity index (χ2n) is 5.21. The van der Waals surface area contributed by atoms with E-state index >= 15 is 0 Å². The molecule has 0 saturated carbocycles. The number of nitrogens with two attached hydrogens (primary N) is 1. The Balaban J connectivity index is 2.76. The predicted octanol–water partition coefficient (Wildman–Crippen LogP) is 2.57. The smallest absolute Gasteiger partial charge is 0.126 e. The van der Waals surface area contributed by atoms with Crippen LogP contribution in [-0.4, -0.2) is 17.1 Å². The first-order valence-corrected chi connectivity index (χ1v) is 5.86. The third-order valence-corrected chi connectivity index (χ3v) is 2.65. The third-order valence-electron chi connectivity index (χ3n) is 2.65. The van der Waals surface area contributed by atoms with Gasteiger partial charge in [-0.3, -0.25) is 0 Å². The van der Waals surface area contributed by atoms with Crippen LogP contribution in [0.5, 0.6) is 0 Å². The highest BCUT2D eigenvalue weighted by molar-refractivity contribution is 5.39. The number of aromatic nitrogens is 1. The molecule has 0 bridgehead atoms. The second kappa shape index (κ2) is 5.30. The van der Waals surface area contributed by atoms with Gasteiger partial charge in [0.05, 0.1) is 0 Å². The van der Waals surface area contributed by atoms with Crippen molar-refractivity contribution in [3.05, 3.63) is 23.9 Å². The van der Waals surface area contributed by atoms with Crippen molar-refractivity contribution in [1.29, 1.82) is 0 Å². The molecule has 0 aromatic carbocycles. The predicted molar refractivity (Wildman–Crippen MR) is 69.5 cm³/mol. The molecular formula is C13H23N3. The molecule has 0 saturated heterocycles. The lowest BCUT2D eigenvalue weighted by molar-refractivity contribution is 0.406. The summed E-state index contributed by atoms with van der Waals surface area (Å²) in [5.41, 5.74) is 6.99. The van der Waals surface area contributed by atoms with Gasteiger partial charge in [-0.25, -0.2) is 4.98 Å². The fourth-order valence-corrected chi connectivity index (χ4v) is 2.00. The number of aryl methyl sites for hydroxylation is 1. The fraction of sp³-hybridized carbons (Fsp3) is 0.615. The number of nitrogens with zero attached hydrogens (tertiary/aromatic N) is 1. The Morgan fingerprint density at radius 1 is 1.50 bits per heavy atom. The van der Waals surface area contributed by atoms with Crippen LogP contribution < -0.4 is 11.1 Å². The fourth-order valence-electron chi connectivity index (χ4n) is 2.00. The van der Waals surface area contributed by atoms with Crippen LogP contribution >= 0.6 is 0 Å². The van der Waals surface area contributed by atoms with E-state index in [0.29, 0.717) is 12.5 Å². The molecule has 0 aliphatic carbocycles. The minimum atomic E-state index is -0.0744. The van der Waals surface area contributed by atoms with E-state index in [0.717, 1.165) is 12.2 Å². The Labute approximate surface area is 98.5 Å². The van der Waals surface area contributed by atoms with Gasteiger partial charge in [-0.2, -0.15) is 0 Å². The van der Waals surface area contributed by atoms with Gasteiger partial charge in [0, 0.05) is 18.3 Å². The van der Waals surface area contributed by atoms with Crippen LogP contribution in [0, 0.1) is 12.8 Å². The van der Waals surface area contributed by atoms with Crippen LogP contribution in [0.3, 0.4) is 0 Å². The molecule has 1 aromatic rings. The van der Waals surface area contributed by atoms with Crippen molar-refractivity contribution in [3.8, 4) is 0 Å². The van der Waals surface area contributed by atoms with Crippen LogP contribution in [0.2, 0.25) is 0 Å². The van der Waals surface area contributed by atoms with Crippen LogP contribution in [0.15, 0.2) is 18.3 Å². The summed E-state index contributed by atoms with van der Waals surface area (Å²) >= 11 is 0. The van der Waals surface area contributed by atoms with Gasteiger partial charge >= 0.3 is 0 Å². The zero-order valence-corrected chi connectivity index (χ0v) is 10.7. The maximum absolute atomic E-state index is 5.85. The molecule has 1 atom stereocenters. The molecule has 90 valence electrons. The van der Waals surface area contributed by atoms with Gasteiger partial charge in [0.1, 0.15) is 5.82 Å². The number of rotatable bonds is 5. The SMILES string of the molecule is Cc1ccnc(NC(C)(CN)CC(C)C)c1. The highest BCUT2D eigenvalue weighted by Gasteiger charge is 2.23. The number of anilines is 1. The quantitative estimate of drug-likeness (QED) is 0.803. The Kier molecular flexibility index (Phi) is 4.30. The normalized spacial score (nSPS) is 14.9. The highest BCUT2D eigenvalue weighted by atomic mass is 15.1. The Morgan fingerprint density at radius 3 is 2.69 bits per heavy atom. The van der Waals surface area contributed by atoms with Gasteiger partial charge in [0.2, 0.25) is 0 Å². The molecule has 0 fully saturated rings. The molecule has 0 radical (unpaired) electrons. The van der Waals surface area contributed by atoms with E-state index in [9.17, 15) is 0 Å². The summed E-state index contributed by atoms with van der Waals surface area (Å²) in [7, 11) is 0. The van der Waals surface area contributed by atoms with Crippen molar-refractivity contribution in [3.63, 3.8) is 0 Å². The summed E-state index contributed by atoms with van der Waals surface area (Å²) in [6.45, 7) is 9.24. The first kappa shape index (κ1) is 13.0. The molecule has 1 unspecified atom stereocenters. The van der Waals surface area contributed by atoms with E-state index in [-0.39, 0.29) is 5.54 Å². The average Bonchev–Trinajstić information content (AvgIpc) is 2.16. The topological polar surface area (TPSA) is 50.9 Å². The largest absolute Gasteiger partial charge is 0.364 e. The average molecular weight is 221 g/mol. The molecule has 1 heterocycles. The number of nitrogens with one attached hydrogen (secondary N) is 1. The van der Waals surface area contributed by atoms with Crippen molar-refractivity contribution in [2.45, 2.75) is 39.7 Å². The van der Waals surface area contributed by atoms with Crippen LogP contribution in [0.4, 0.5) is 5.82 Å². The Morgan fingerprint density at radius 2 is 2.19 bits per heavy atom. The molecule has 0 spiro atoms. The molecule has 16 heavy (non-hydrogen) atoms. The van der Waals surface area contributed by atoms with Crippen molar-refractivity contribution in [2.75, 3.05) is 11.9 Å². The second-order valence-corrected chi connectivity index (χ2v) is 5.21. The molecule has 3 heteroatoms. The molecule has 3 N–H and O–H groups in total. The van der Waals surface area contributed by atoms with Gasteiger partial charge < -0.3 is 11.1 Å². The van der Waals surface area contributed by atoms with Gasteiger partial charge in [-0.1, -0.05) is 13.8 Å². The van der Waals surface area contributed by atoms with E-state index in [4.69, 9.17) is 5.73 Å². The van der Waals surface area contributed by atoms with Crippen molar-refractivity contribution < 1.29 is 0 Å². The van der Waals surface area contributed by atoms with Crippen LogP contribution in [0.25, 0.3) is 0 Å². The summed E-state index contributed by atoms with van der Waals surface area (Å²) in [4.78, 5) is 4.31. The van der Waals surface area contributed by atoms with Crippen molar-refractivity contribution in [2.24, 2.45) is 11.7 Å². The molecule has 0 aliphatic heterocycles. The van der Waals surface area contributed by atoms with E-state index in [2.05, 4.69) is 38.0 Å². The lowest BCUT2D eigenvalue weighted by Crippen LogP contribution is -2.43. The zero-order chi connectivity index (χ0) is 12.2. The molecule has 1 aromatic heterocycles. The standard InChI is InChI=1S/C13H23N3/c1-10(2)8-13(4,9-14)16-12-7-11(3)5-6-15-12/h5-7,10H,8-9,14H2,1-4H3,(H,15,16). The zero-order valence-electron chi connectivity index (χ0n) is 10.7. The number of hydrogen-bond donors (Lipinski definition) is 2. The Bertz CT molecular complexity index is 336. The lowest BCUT2D eigenvalue weighted by atomic mass is 9.91. The first-order valence-electron chi connectivity index (χ1n) is 5.86. The minimum absolute atomic E-state index is 0.0744. The minimum Gasteiger partial charge on any atom is -0.364 e. The summed E-state index contributed by atoms with van der Waals surface area (Å²) in [5, 5.41) is 3.44. The third kappa shape index (κ3) is 3.81. The van der Waals surface area contributed by atoms with Crippen molar-refractivity contribution >= 4 is 5.82 Å². The van der Waals surface area contributed by atoms with Gasteiger partial charge in [0.25, 0.3) is 0 Å². The molecule has 1 rings (SSSR count). The molecule has 3 nitrogen and oxygen atoms in total. The van der Waals surface area contributed by atoms with E-state index in [1.165, 1.54) is 5.56 Å². The van der Waals surface area contributed by atoms with Crippen LogP contribution in [0.1, 0.15) is 32.8 Å². The summed E-state index contributed by atoms with van der Waals surface area (Å²) in [6, 6.07) is 4.04. The highest BCUT2D eigenvalue weighted by Crippen LogP contribution is 2.20.